The average Bonchev–Trinajstić information content (AvgIpc) is 2.40. The monoisotopic (exact) mass is 258 g/mol. The van der Waals surface area contributed by atoms with Crippen LogP contribution in [0.1, 0.15) is 42.4 Å². The van der Waals surface area contributed by atoms with E-state index >= 15 is 0 Å². The minimum absolute atomic E-state index is 0.214. The van der Waals surface area contributed by atoms with Crippen molar-refractivity contribution in [3.05, 3.63) is 34.9 Å². The van der Waals surface area contributed by atoms with Crippen molar-refractivity contribution in [2.75, 3.05) is 6.54 Å². The van der Waals surface area contributed by atoms with E-state index < -0.39 is 0 Å². The fraction of sp³-hybridized carbons (Fsp3) is 0.562. The largest absolute Gasteiger partial charge is 0.353 e. The summed E-state index contributed by atoms with van der Waals surface area (Å²) in [7, 11) is 0. The molecule has 3 rings (SSSR count). The van der Waals surface area contributed by atoms with Gasteiger partial charge in [0.25, 0.3) is 0 Å². The highest BCUT2D eigenvalue weighted by molar-refractivity contribution is 5.76. The smallest absolute Gasteiger partial charge is 0.220 e. The normalized spacial score (nSPS) is 18.5. The molecule has 1 heterocycles. The summed E-state index contributed by atoms with van der Waals surface area (Å²) in [6.07, 6.45) is 6.18. The predicted octanol–water partition coefficient (Wildman–Crippen LogP) is 1.93. The highest BCUT2D eigenvalue weighted by Gasteiger charge is 2.19. The number of rotatable bonds is 4. The van der Waals surface area contributed by atoms with E-state index in [1.807, 2.05) is 0 Å². The molecule has 1 saturated carbocycles. The van der Waals surface area contributed by atoms with Crippen LogP contribution in [0, 0.1) is 0 Å². The maximum atomic E-state index is 11.9. The lowest BCUT2D eigenvalue weighted by Crippen LogP contribution is -2.39. The van der Waals surface area contributed by atoms with Gasteiger partial charge in [-0.1, -0.05) is 18.2 Å². The van der Waals surface area contributed by atoms with Gasteiger partial charge in [-0.3, -0.25) is 4.79 Å². The Morgan fingerprint density at radius 1 is 1.37 bits per heavy atom. The third-order valence-corrected chi connectivity index (χ3v) is 4.33. The second kappa shape index (κ2) is 5.74. The molecule has 1 aliphatic heterocycles. The Balaban J connectivity index is 1.58. The van der Waals surface area contributed by atoms with Crippen LogP contribution >= 0.6 is 0 Å². The molecule has 1 aliphatic carbocycles. The summed E-state index contributed by atoms with van der Waals surface area (Å²) < 4.78 is 0. The first kappa shape index (κ1) is 12.7. The molecule has 0 atom stereocenters. The van der Waals surface area contributed by atoms with Crippen LogP contribution in [-0.2, 0) is 24.2 Å². The Hall–Kier alpha value is -1.35. The molecule has 0 saturated heterocycles. The number of carbonyl (C=O) groups is 1. The molecular weight excluding hydrogens is 236 g/mol. The molecule has 0 aromatic heterocycles. The molecule has 1 aromatic carbocycles. The van der Waals surface area contributed by atoms with Gasteiger partial charge < -0.3 is 10.6 Å². The summed E-state index contributed by atoms with van der Waals surface area (Å²) >= 11 is 0. The van der Waals surface area contributed by atoms with Gasteiger partial charge >= 0.3 is 0 Å². The highest BCUT2D eigenvalue weighted by Crippen LogP contribution is 2.21. The van der Waals surface area contributed by atoms with Crippen LogP contribution in [0.4, 0.5) is 0 Å². The zero-order chi connectivity index (χ0) is 13.1. The minimum atomic E-state index is 0.214. The molecular formula is C16H22N2O. The minimum Gasteiger partial charge on any atom is -0.353 e. The number of amides is 1. The van der Waals surface area contributed by atoms with Crippen molar-refractivity contribution in [1.29, 1.82) is 0 Å². The number of benzene rings is 1. The molecule has 3 nitrogen and oxygen atoms in total. The second-order valence-electron chi connectivity index (χ2n) is 5.68. The Bertz CT molecular complexity index is 466. The Kier molecular flexibility index (Phi) is 3.83. The van der Waals surface area contributed by atoms with E-state index in [1.54, 1.807) is 0 Å². The molecule has 102 valence electrons. The van der Waals surface area contributed by atoms with Gasteiger partial charge in [-0.05, 0) is 55.3 Å². The van der Waals surface area contributed by atoms with Gasteiger partial charge in [0.05, 0.1) is 0 Å². The van der Waals surface area contributed by atoms with E-state index in [4.69, 9.17) is 0 Å². The Morgan fingerprint density at radius 2 is 2.26 bits per heavy atom. The molecule has 1 amide bonds. The van der Waals surface area contributed by atoms with Gasteiger partial charge in [0.15, 0.2) is 0 Å². The van der Waals surface area contributed by atoms with Crippen LogP contribution in [0.25, 0.3) is 0 Å². The summed E-state index contributed by atoms with van der Waals surface area (Å²) in [5, 5.41) is 6.53. The van der Waals surface area contributed by atoms with E-state index in [0.717, 1.165) is 38.8 Å². The number of aryl methyl sites for hydroxylation is 1. The average molecular weight is 258 g/mol. The van der Waals surface area contributed by atoms with E-state index in [2.05, 4.69) is 28.8 Å². The van der Waals surface area contributed by atoms with Crippen LogP contribution in [0.5, 0.6) is 0 Å². The number of hydrogen-bond donors (Lipinski definition) is 2. The lowest BCUT2D eigenvalue weighted by atomic mass is 9.92. The lowest BCUT2D eigenvalue weighted by Gasteiger charge is -2.26. The van der Waals surface area contributed by atoms with Crippen molar-refractivity contribution in [1.82, 2.24) is 10.6 Å². The third-order valence-electron chi connectivity index (χ3n) is 4.33. The van der Waals surface area contributed by atoms with Crippen LogP contribution < -0.4 is 10.6 Å². The molecule has 2 aliphatic rings. The predicted molar refractivity (Wildman–Crippen MR) is 76.0 cm³/mol. The number of carbonyl (C=O) groups excluding carboxylic acids is 1. The topological polar surface area (TPSA) is 41.1 Å². The van der Waals surface area contributed by atoms with Gasteiger partial charge in [-0.25, -0.2) is 0 Å². The first-order chi connectivity index (χ1) is 9.33. The van der Waals surface area contributed by atoms with Crippen molar-refractivity contribution in [2.24, 2.45) is 0 Å². The van der Waals surface area contributed by atoms with E-state index in [-0.39, 0.29) is 5.91 Å². The highest BCUT2D eigenvalue weighted by atomic mass is 16.1. The number of fused-ring (bicyclic) bond motifs is 1. The first-order valence-corrected chi connectivity index (χ1v) is 7.42. The summed E-state index contributed by atoms with van der Waals surface area (Å²) in [4.78, 5) is 11.9. The molecule has 1 fully saturated rings. The van der Waals surface area contributed by atoms with Gasteiger partial charge in [-0.15, -0.1) is 0 Å². The van der Waals surface area contributed by atoms with Crippen LogP contribution in [0.15, 0.2) is 18.2 Å². The molecule has 1 aromatic rings. The zero-order valence-electron chi connectivity index (χ0n) is 11.4. The van der Waals surface area contributed by atoms with Crippen molar-refractivity contribution in [3.63, 3.8) is 0 Å². The standard InChI is InChI=1S/C16H22N2O/c19-16(18-14-5-2-6-14)8-7-12-3-1-4-13-9-10-17-11-15(12)13/h1,3-4,14,17H,2,5-11H2,(H,18,19). The molecule has 0 bridgehead atoms. The van der Waals surface area contributed by atoms with E-state index in [9.17, 15) is 4.79 Å². The second-order valence-corrected chi connectivity index (χ2v) is 5.68. The van der Waals surface area contributed by atoms with Crippen molar-refractivity contribution < 1.29 is 4.79 Å². The van der Waals surface area contributed by atoms with Crippen molar-refractivity contribution >= 4 is 5.91 Å². The molecule has 0 radical (unpaired) electrons. The third kappa shape index (κ3) is 2.98. The Morgan fingerprint density at radius 3 is 3.05 bits per heavy atom. The maximum Gasteiger partial charge on any atom is 0.220 e. The summed E-state index contributed by atoms with van der Waals surface area (Å²) in [6, 6.07) is 6.97. The van der Waals surface area contributed by atoms with Crippen molar-refractivity contribution in [2.45, 2.75) is 51.1 Å². The zero-order valence-corrected chi connectivity index (χ0v) is 11.4. The van der Waals surface area contributed by atoms with E-state index in [1.165, 1.54) is 23.1 Å². The summed E-state index contributed by atoms with van der Waals surface area (Å²) in [5.41, 5.74) is 4.22. The first-order valence-electron chi connectivity index (χ1n) is 7.42. The van der Waals surface area contributed by atoms with Gasteiger partial charge in [-0.2, -0.15) is 0 Å². The fourth-order valence-corrected chi connectivity index (χ4v) is 2.92. The Labute approximate surface area is 114 Å². The number of nitrogens with one attached hydrogen (secondary N) is 2. The van der Waals surface area contributed by atoms with Crippen molar-refractivity contribution in [3.8, 4) is 0 Å². The summed E-state index contributed by atoms with van der Waals surface area (Å²) in [6.45, 7) is 2.02. The van der Waals surface area contributed by atoms with Gasteiger partial charge in [0, 0.05) is 19.0 Å². The fourth-order valence-electron chi connectivity index (χ4n) is 2.92. The van der Waals surface area contributed by atoms with Gasteiger partial charge in [0.2, 0.25) is 5.91 Å². The van der Waals surface area contributed by atoms with Crippen LogP contribution in [-0.4, -0.2) is 18.5 Å². The lowest BCUT2D eigenvalue weighted by molar-refractivity contribution is -0.122. The summed E-state index contributed by atoms with van der Waals surface area (Å²) in [5.74, 6) is 0.214. The van der Waals surface area contributed by atoms with Crippen LogP contribution in [0.3, 0.4) is 0 Å². The maximum absolute atomic E-state index is 11.9. The van der Waals surface area contributed by atoms with Crippen LogP contribution in [0.2, 0.25) is 0 Å². The SMILES string of the molecule is O=C(CCc1cccc2c1CNCC2)NC1CCC1. The van der Waals surface area contributed by atoms with E-state index in [0.29, 0.717) is 12.5 Å². The molecule has 0 spiro atoms. The molecule has 2 N–H and O–H groups in total. The molecule has 0 unspecified atom stereocenters. The quantitative estimate of drug-likeness (QED) is 0.866. The molecule has 19 heavy (non-hydrogen) atoms. The van der Waals surface area contributed by atoms with Gasteiger partial charge in [0.1, 0.15) is 0 Å². The number of hydrogen-bond acceptors (Lipinski definition) is 2. The molecule has 3 heteroatoms.